The van der Waals surface area contributed by atoms with Crippen molar-refractivity contribution in [3.05, 3.63) is 11.8 Å². The van der Waals surface area contributed by atoms with Crippen LogP contribution >= 0.6 is 0 Å². The van der Waals surface area contributed by atoms with Gasteiger partial charge in [0.15, 0.2) is 0 Å². The third kappa shape index (κ3) is 3.75. The minimum Gasteiger partial charge on any atom is -0.477 e. The van der Waals surface area contributed by atoms with Crippen molar-refractivity contribution in [1.82, 2.24) is 5.32 Å². The number of rotatable bonds is 4. The van der Waals surface area contributed by atoms with Gasteiger partial charge in [-0.3, -0.25) is 4.79 Å². The summed E-state index contributed by atoms with van der Waals surface area (Å²) >= 11 is 0. The first-order valence-electron chi connectivity index (χ1n) is 3.81. The molecule has 12 heavy (non-hydrogen) atoms. The van der Waals surface area contributed by atoms with Crippen molar-refractivity contribution < 1.29 is 14.7 Å². The van der Waals surface area contributed by atoms with Gasteiger partial charge >= 0.3 is 5.97 Å². The lowest BCUT2D eigenvalue weighted by Crippen LogP contribution is -2.26. The van der Waals surface area contributed by atoms with E-state index in [0.29, 0.717) is 12.8 Å². The fourth-order valence-corrected chi connectivity index (χ4v) is 0.689. The van der Waals surface area contributed by atoms with E-state index in [-0.39, 0.29) is 11.6 Å². The number of carboxylic acids is 1. The van der Waals surface area contributed by atoms with Crippen LogP contribution in [0.1, 0.15) is 26.7 Å². The summed E-state index contributed by atoms with van der Waals surface area (Å²) in [5.41, 5.74) is -0.0616. The van der Waals surface area contributed by atoms with E-state index in [1.165, 1.54) is 6.08 Å². The molecule has 68 valence electrons. The van der Waals surface area contributed by atoms with Crippen LogP contribution in [0.2, 0.25) is 0 Å². The van der Waals surface area contributed by atoms with Crippen LogP contribution in [-0.2, 0) is 9.59 Å². The van der Waals surface area contributed by atoms with Gasteiger partial charge in [-0.1, -0.05) is 13.0 Å². The van der Waals surface area contributed by atoms with Crippen LogP contribution in [0.15, 0.2) is 11.8 Å². The molecule has 0 aromatic carbocycles. The molecule has 4 nitrogen and oxygen atoms in total. The Balaban J connectivity index is 4.05. The molecule has 0 aliphatic carbocycles. The number of hydrogen-bond donors (Lipinski definition) is 2. The lowest BCUT2D eigenvalue weighted by Gasteiger charge is -2.02. The van der Waals surface area contributed by atoms with Crippen molar-refractivity contribution in [2.75, 3.05) is 0 Å². The van der Waals surface area contributed by atoms with E-state index < -0.39 is 5.97 Å². The number of hydrogen-bond acceptors (Lipinski definition) is 2. The highest BCUT2D eigenvalue weighted by atomic mass is 16.4. The lowest BCUT2D eigenvalue weighted by molar-refractivity contribution is -0.134. The van der Waals surface area contributed by atoms with E-state index in [0.717, 1.165) is 0 Å². The topological polar surface area (TPSA) is 66.4 Å². The summed E-state index contributed by atoms with van der Waals surface area (Å²) in [6.45, 7) is 3.42. The maximum Gasteiger partial charge on any atom is 0.352 e. The molecule has 0 rings (SSSR count). The Bertz CT molecular complexity index is 208. The summed E-state index contributed by atoms with van der Waals surface area (Å²) in [6, 6.07) is 0. The normalized spacial score (nSPS) is 11.0. The zero-order valence-corrected chi connectivity index (χ0v) is 7.26. The summed E-state index contributed by atoms with van der Waals surface area (Å²) in [7, 11) is 0. The zero-order valence-electron chi connectivity index (χ0n) is 7.26. The molecular weight excluding hydrogens is 158 g/mol. The Labute approximate surface area is 71.3 Å². The number of allylic oxidation sites excluding steroid dienone is 1. The summed E-state index contributed by atoms with van der Waals surface area (Å²) in [5.74, 6) is -1.37. The molecule has 0 radical (unpaired) electrons. The first-order valence-corrected chi connectivity index (χ1v) is 3.81. The molecule has 0 fully saturated rings. The summed E-state index contributed by atoms with van der Waals surface area (Å²) < 4.78 is 0. The van der Waals surface area contributed by atoms with E-state index in [1.54, 1.807) is 6.92 Å². The second-order valence-corrected chi connectivity index (χ2v) is 2.31. The van der Waals surface area contributed by atoms with Crippen LogP contribution in [0.5, 0.6) is 0 Å². The number of aliphatic carboxylic acids is 1. The highest BCUT2D eigenvalue weighted by molar-refractivity contribution is 5.92. The highest BCUT2D eigenvalue weighted by Crippen LogP contribution is 1.92. The number of carbonyl (C=O) groups excluding carboxylic acids is 1. The SMILES string of the molecule is CC=C(NC(=O)CCC)C(=O)O. The van der Waals surface area contributed by atoms with Gasteiger partial charge in [-0.05, 0) is 13.3 Å². The molecule has 1 amide bonds. The molecule has 0 aliphatic heterocycles. The minimum absolute atomic E-state index is 0.0616. The Morgan fingerprint density at radius 3 is 2.42 bits per heavy atom. The summed E-state index contributed by atoms with van der Waals surface area (Å²) in [5, 5.41) is 10.8. The van der Waals surface area contributed by atoms with E-state index in [2.05, 4.69) is 5.32 Å². The van der Waals surface area contributed by atoms with E-state index in [1.807, 2.05) is 6.92 Å². The van der Waals surface area contributed by atoms with Gasteiger partial charge in [0.25, 0.3) is 0 Å². The number of carbonyl (C=O) groups is 2. The first kappa shape index (κ1) is 10.7. The minimum atomic E-state index is -1.11. The molecule has 0 heterocycles. The largest absolute Gasteiger partial charge is 0.477 e. The molecule has 0 aliphatic rings. The van der Waals surface area contributed by atoms with Crippen LogP contribution in [0.4, 0.5) is 0 Å². The van der Waals surface area contributed by atoms with Crippen molar-refractivity contribution in [3.8, 4) is 0 Å². The van der Waals surface area contributed by atoms with Gasteiger partial charge in [0.1, 0.15) is 5.70 Å². The molecule has 0 bridgehead atoms. The Hall–Kier alpha value is -1.32. The van der Waals surface area contributed by atoms with Crippen LogP contribution in [-0.4, -0.2) is 17.0 Å². The van der Waals surface area contributed by atoms with Crippen molar-refractivity contribution in [2.45, 2.75) is 26.7 Å². The van der Waals surface area contributed by atoms with E-state index in [9.17, 15) is 9.59 Å². The van der Waals surface area contributed by atoms with Crippen LogP contribution in [0.25, 0.3) is 0 Å². The molecule has 0 aromatic heterocycles. The third-order valence-corrected chi connectivity index (χ3v) is 1.27. The number of nitrogens with one attached hydrogen (secondary N) is 1. The quantitative estimate of drug-likeness (QED) is 0.617. The molecule has 4 heteroatoms. The molecule has 0 saturated heterocycles. The fraction of sp³-hybridized carbons (Fsp3) is 0.500. The second-order valence-electron chi connectivity index (χ2n) is 2.31. The van der Waals surface area contributed by atoms with Crippen LogP contribution < -0.4 is 5.32 Å². The van der Waals surface area contributed by atoms with Crippen molar-refractivity contribution in [2.24, 2.45) is 0 Å². The Kier molecular flexibility index (Phi) is 4.76. The Morgan fingerprint density at radius 2 is 2.08 bits per heavy atom. The maximum atomic E-state index is 10.9. The van der Waals surface area contributed by atoms with Crippen LogP contribution in [0.3, 0.4) is 0 Å². The molecule has 0 saturated carbocycles. The average molecular weight is 171 g/mol. The van der Waals surface area contributed by atoms with Gasteiger partial charge in [-0.2, -0.15) is 0 Å². The van der Waals surface area contributed by atoms with Gasteiger partial charge < -0.3 is 10.4 Å². The van der Waals surface area contributed by atoms with Gasteiger partial charge in [0.05, 0.1) is 0 Å². The second kappa shape index (κ2) is 5.35. The van der Waals surface area contributed by atoms with Crippen molar-refractivity contribution in [3.63, 3.8) is 0 Å². The lowest BCUT2D eigenvalue weighted by atomic mass is 10.3. The molecule has 0 aromatic rings. The van der Waals surface area contributed by atoms with Gasteiger partial charge in [0, 0.05) is 6.42 Å². The Morgan fingerprint density at radius 1 is 1.50 bits per heavy atom. The number of amides is 1. The molecular formula is C8H13NO3. The predicted octanol–water partition coefficient (Wildman–Crippen LogP) is 0.891. The molecule has 2 N–H and O–H groups in total. The number of carboxylic acid groups (broad SMARTS) is 1. The van der Waals surface area contributed by atoms with E-state index in [4.69, 9.17) is 5.11 Å². The smallest absolute Gasteiger partial charge is 0.352 e. The molecule has 0 unspecified atom stereocenters. The summed E-state index contributed by atoms with van der Waals surface area (Å²) in [4.78, 5) is 21.3. The van der Waals surface area contributed by atoms with E-state index >= 15 is 0 Å². The monoisotopic (exact) mass is 171 g/mol. The molecule has 0 spiro atoms. The fourth-order valence-electron chi connectivity index (χ4n) is 0.689. The first-order chi connectivity index (χ1) is 5.61. The standard InChI is InChI=1S/C8H13NO3/c1-3-5-7(10)9-6(4-2)8(11)12/h4H,3,5H2,1-2H3,(H,9,10)(H,11,12). The average Bonchev–Trinajstić information content (AvgIpc) is 2.00. The van der Waals surface area contributed by atoms with Gasteiger partial charge in [-0.15, -0.1) is 0 Å². The van der Waals surface area contributed by atoms with Gasteiger partial charge in [0.2, 0.25) is 5.91 Å². The third-order valence-electron chi connectivity index (χ3n) is 1.27. The summed E-state index contributed by atoms with van der Waals surface area (Å²) in [6.07, 6.45) is 2.42. The predicted molar refractivity (Wildman–Crippen MR) is 44.4 cm³/mol. The molecule has 0 atom stereocenters. The van der Waals surface area contributed by atoms with Crippen LogP contribution in [0, 0.1) is 0 Å². The maximum absolute atomic E-state index is 10.9. The van der Waals surface area contributed by atoms with Gasteiger partial charge in [-0.25, -0.2) is 4.79 Å². The zero-order chi connectivity index (χ0) is 9.56. The van der Waals surface area contributed by atoms with Crippen molar-refractivity contribution in [1.29, 1.82) is 0 Å². The van der Waals surface area contributed by atoms with Crippen molar-refractivity contribution >= 4 is 11.9 Å². The highest BCUT2D eigenvalue weighted by Gasteiger charge is 2.08.